The summed E-state index contributed by atoms with van der Waals surface area (Å²) in [7, 11) is 0. The lowest BCUT2D eigenvalue weighted by Gasteiger charge is -2.14. The molecule has 0 radical (unpaired) electrons. The van der Waals surface area contributed by atoms with Gasteiger partial charge in [-0.05, 0) is 85.8 Å². The van der Waals surface area contributed by atoms with E-state index in [4.69, 9.17) is 12.6 Å². The van der Waals surface area contributed by atoms with Crippen LogP contribution in [0.15, 0.2) is 72.3 Å². The van der Waals surface area contributed by atoms with Gasteiger partial charge >= 0.3 is 0 Å². The van der Waals surface area contributed by atoms with Gasteiger partial charge in [-0.15, -0.1) is 12.6 Å². The van der Waals surface area contributed by atoms with E-state index in [9.17, 15) is 4.39 Å². The molecule has 0 saturated carbocycles. The summed E-state index contributed by atoms with van der Waals surface area (Å²) in [6.07, 6.45) is 1.08. The summed E-state index contributed by atoms with van der Waals surface area (Å²) in [4.78, 5) is 0. The molecule has 0 bridgehead atoms. The van der Waals surface area contributed by atoms with Crippen LogP contribution in [-0.4, -0.2) is 10.6 Å². The lowest BCUT2D eigenvalue weighted by atomic mass is 9.98. The van der Waals surface area contributed by atoms with Crippen molar-refractivity contribution >= 4 is 29.1 Å². The van der Waals surface area contributed by atoms with Crippen molar-refractivity contribution in [3.63, 3.8) is 0 Å². The van der Waals surface area contributed by atoms with E-state index >= 15 is 0 Å². The van der Waals surface area contributed by atoms with Gasteiger partial charge in [0.25, 0.3) is 0 Å². The predicted octanol–water partition coefficient (Wildman–Crippen LogP) is 7.95. The van der Waals surface area contributed by atoms with Crippen LogP contribution in [0.1, 0.15) is 43.9 Å². The van der Waals surface area contributed by atoms with E-state index in [-0.39, 0.29) is 5.82 Å². The quantitative estimate of drug-likeness (QED) is 0.269. The number of rotatable bonds is 7. The normalized spacial score (nSPS) is 12.3. The van der Waals surface area contributed by atoms with Crippen molar-refractivity contribution in [2.24, 2.45) is 0 Å². The number of halogens is 1. The molecule has 1 atom stereocenters. The first-order valence-corrected chi connectivity index (χ1v) is 11.9. The minimum absolute atomic E-state index is 0.249. The highest BCUT2D eigenvalue weighted by atomic mass is 32.1. The molecule has 0 aliphatic rings. The Balaban J connectivity index is 1.94. The first-order chi connectivity index (χ1) is 15.8. The molecule has 0 aliphatic heterocycles. The standard InChI is InChI=1S/C29H31FN2S/c1-6-20(5)31-17-23-16-27-26(15-19(23)4)28(22-9-7-21(8-10-22)18(2)3)29(33)32(27)25-13-11-24(30)12-14-25/h7-16,20,31,33H,2,6,17H2,1,3-5H3. The van der Waals surface area contributed by atoms with Gasteiger partial charge in [-0.25, -0.2) is 4.39 Å². The molecule has 0 saturated heterocycles. The predicted molar refractivity (Wildman–Crippen MR) is 142 cm³/mol. The van der Waals surface area contributed by atoms with E-state index < -0.39 is 0 Å². The Morgan fingerprint density at radius 1 is 1.09 bits per heavy atom. The van der Waals surface area contributed by atoms with Gasteiger partial charge in [0.15, 0.2) is 0 Å². The van der Waals surface area contributed by atoms with Crippen molar-refractivity contribution in [2.45, 2.75) is 51.7 Å². The second-order valence-electron chi connectivity index (χ2n) is 8.85. The first-order valence-electron chi connectivity index (χ1n) is 11.4. The van der Waals surface area contributed by atoms with Gasteiger partial charge in [0.1, 0.15) is 5.82 Å². The number of benzene rings is 3. The molecule has 33 heavy (non-hydrogen) atoms. The average Bonchev–Trinajstić information content (AvgIpc) is 3.08. The van der Waals surface area contributed by atoms with Gasteiger partial charge in [-0.1, -0.05) is 43.3 Å². The fourth-order valence-electron chi connectivity index (χ4n) is 4.15. The van der Waals surface area contributed by atoms with Crippen LogP contribution in [0, 0.1) is 12.7 Å². The Kier molecular flexibility index (Phi) is 6.78. The van der Waals surface area contributed by atoms with E-state index in [1.807, 2.05) is 6.92 Å². The lowest BCUT2D eigenvalue weighted by molar-refractivity contribution is 0.533. The van der Waals surface area contributed by atoms with E-state index in [1.165, 1.54) is 23.3 Å². The molecule has 1 heterocycles. The van der Waals surface area contributed by atoms with Crippen molar-refractivity contribution in [3.8, 4) is 16.8 Å². The molecule has 2 nitrogen and oxygen atoms in total. The number of nitrogens with one attached hydrogen (secondary N) is 1. The summed E-state index contributed by atoms with van der Waals surface area (Å²) in [5.74, 6) is -0.249. The highest BCUT2D eigenvalue weighted by molar-refractivity contribution is 7.80. The van der Waals surface area contributed by atoms with E-state index in [2.05, 4.69) is 73.6 Å². The monoisotopic (exact) mass is 458 g/mol. The molecule has 4 heteroatoms. The minimum Gasteiger partial charge on any atom is -0.310 e. The summed E-state index contributed by atoms with van der Waals surface area (Å²) in [5.41, 5.74) is 8.78. The van der Waals surface area contributed by atoms with Gasteiger partial charge in [0, 0.05) is 29.2 Å². The fraction of sp³-hybridized carbons (Fsp3) is 0.241. The maximum absolute atomic E-state index is 13.7. The van der Waals surface area contributed by atoms with Crippen LogP contribution in [0.2, 0.25) is 0 Å². The minimum atomic E-state index is -0.249. The molecule has 0 spiro atoms. The zero-order valence-corrected chi connectivity index (χ0v) is 20.6. The molecule has 170 valence electrons. The fourth-order valence-corrected chi connectivity index (χ4v) is 4.62. The van der Waals surface area contributed by atoms with Crippen molar-refractivity contribution in [1.29, 1.82) is 0 Å². The number of hydrogen-bond donors (Lipinski definition) is 2. The van der Waals surface area contributed by atoms with Crippen LogP contribution >= 0.6 is 12.6 Å². The Morgan fingerprint density at radius 3 is 2.36 bits per heavy atom. The Hall–Kier alpha value is -2.82. The van der Waals surface area contributed by atoms with Crippen LogP contribution in [0.3, 0.4) is 0 Å². The van der Waals surface area contributed by atoms with E-state index in [0.717, 1.165) is 56.8 Å². The number of thiol groups is 1. The van der Waals surface area contributed by atoms with Crippen LogP contribution in [-0.2, 0) is 6.54 Å². The lowest BCUT2D eigenvalue weighted by Crippen LogP contribution is -2.24. The highest BCUT2D eigenvalue weighted by Crippen LogP contribution is 2.40. The second kappa shape index (κ2) is 9.58. The largest absolute Gasteiger partial charge is 0.310 e. The zero-order chi connectivity index (χ0) is 23.7. The number of hydrogen-bond acceptors (Lipinski definition) is 2. The molecular weight excluding hydrogens is 427 g/mol. The SMILES string of the molecule is C=C(C)c1ccc(-c2c(S)n(-c3ccc(F)cc3)c3cc(CNC(C)CC)c(C)cc23)cc1. The number of aryl methyl sites for hydroxylation is 1. The summed E-state index contributed by atoms with van der Waals surface area (Å²) < 4.78 is 15.8. The third-order valence-electron chi connectivity index (χ3n) is 6.40. The molecular formula is C29H31FN2S. The third kappa shape index (κ3) is 4.64. The Labute approximate surface area is 201 Å². The Morgan fingerprint density at radius 2 is 1.76 bits per heavy atom. The number of nitrogens with zero attached hydrogens (tertiary/aromatic N) is 1. The molecule has 0 fully saturated rings. The number of aromatic nitrogens is 1. The summed E-state index contributed by atoms with van der Waals surface area (Å²) in [5, 5.41) is 5.58. The van der Waals surface area contributed by atoms with Crippen molar-refractivity contribution in [3.05, 3.63) is 89.8 Å². The van der Waals surface area contributed by atoms with Gasteiger partial charge in [-0.3, -0.25) is 0 Å². The molecule has 1 N–H and O–H groups in total. The number of allylic oxidation sites excluding steroid dienone is 1. The topological polar surface area (TPSA) is 17.0 Å². The van der Waals surface area contributed by atoms with E-state index in [0.29, 0.717) is 6.04 Å². The van der Waals surface area contributed by atoms with Crippen LogP contribution in [0.5, 0.6) is 0 Å². The maximum Gasteiger partial charge on any atom is 0.123 e. The summed E-state index contributed by atoms with van der Waals surface area (Å²) >= 11 is 4.99. The first kappa shape index (κ1) is 23.3. The third-order valence-corrected chi connectivity index (χ3v) is 6.83. The molecule has 4 aromatic rings. The van der Waals surface area contributed by atoms with Gasteiger partial charge in [-0.2, -0.15) is 0 Å². The summed E-state index contributed by atoms with van der Waals surface area (Å²) in [6.45, 7) is 13.4. The smallest absolute Gasteiger partial charge is 0.123 e. The van der Waals surface area contributed by atoms with E-state index in [1.54, 1.807) is 12.1 Å². The molecule has 3 aromatic carbocycles. The van der Waals surface area contributed by atoms with Gasteiger partial charge in [0.05, 0.1) is 10.5 Å². The van der Waals surface area contributed by atoms with Crippen LogP contribution in [0.25, 0.3) is 33.3 Å². The zero-order valence-electron chi connectivity index (χ0n) is 19.7. The summed E-state index contributed by atoms with van der Waals surface area (Å²) in [6, 6.07) is 20.0. The average molecular weight is 459 g/mol. The highest BCUT2D eigenvalue weighted by Gasteiger charge is 2.19. The number of fused-ring (bicyclic) bond motifs is 1. The van der Waals surface area contributed by atoms with Crippen LogP contribution in [0.4, 0.5) is 4.39 Å². The van der Waals surface area contributed by atoms with Crippen molar-refractivity contribution in [2.75, 3.05) is 0 Å². The molecule has 0 amide bonds. The van der Waals surface area contributed by atoms with Gasteiger partial charge in [0.2, 0.25) is 0 Å². The van der Waals surface area contributed by atoms with Crippen molar-refractivity contribution < 1.29 is 4.39 Å². The maximum atomic E-state index is 13.7. The van der Waals surface area contributed by atoms with Gasteiger partial charge < -0.3 is 9.88 Å². The molecule has 1 aromatic heterocycles. The second-order valence-corrected chi connectivity index (χ2v) is 9.28. The Bertz CT molecular complexity index is 1300. The van der Waals surface area contributed by atoms with Crippen LogP contribution < -0.4 is 5.32 Å². The molecule has 1 unspecified atom stereocenters. The molecule has 4 rings (SSSR count). The molecule has 0 aliphatic carbocycles. The van der Waals surface area contributed by atoms with Crippen molar-refractivity contribution in [1.82, 2.24) is 9.88 Å².